The van der Waals surface area contributed by atoms with E-state index < -0.39 is 12.2 Å². The van der Waals surface area contributed by atoms with Crippen molar-refractivity contribution < 1.29 is 15.0 Å². The monoisotopic (exact) mass is 236 g/mol. The van der Waals surface area contributed by atoms with Crippen molar-refractivity contribution in [1.29, 1.82) is 0 Å². The van der Waals surface area contributed by atoms with E-state index in [1.54, 1.807) is 24.3 Å². The normalized spacial score (nSPS) is 14.6. The Morgan fingerprint density at radius 2 is 2.06 bits per heavy atom. The molecule has 0 rings (SSSR count). The van der Waals surface area contributed by atoms with Crippen LogP contribution in [0, 0.1) is 11.8 Å². The van der Waals surface area contributed by atoms with Crippen molar-refractivity contribution in [2.24, 2.45) is 0 Å². The molecular formula is C14H20O3. The van der Waals surface area contributed by atoms with Crippen molar-refractivity contribution in [3.8, 4) is 11.8 Å². The average molecular weight is 236 g/mol. The Labute approximate surface area is 103 Å². The Morgan fingerprint density at radius 3 is 2.65 bits per heavy atom. The summed E-state index contributed by atoms with van der Waals surface area (Å²) in [5, 5.41) is 18.6. The second-order valence-electron chi connectivity index (χ2n) is 3.76. The fourth-order valence-electron chi connectivity index (χ4n) is 0.989. The molecule has 2 N–H and O–H groups in total. The van der Waals surface area contributed by atoms with Gasteiger partial charge < -0.3 is 15.0 Å². The molecule has 0 unspecified atom stereocenters. The number of hydrogen-bond donors (Lipinski definition) is 2. The van der Waals surface area contributed by atoms with Crippen LogP contribution in [-0.4, -0.2) is 28.2 Å². The van der Waals surface area contributed by atoms with Gasteiger partial charge in [-0.25, -0.2) is 0 Å². The number of rotatable bonds is 6. The molecule has 94 valence electrons. The molecule has 0 aliphatic heterocycles. The third-order valence-corrected chi connectivity index (χ3v) is 2.06. The van der Waals surface area contributed by atoms with Gasteiger partial charge in [-0.3, -0.25) is 0 Å². The molecule has 0 spiro atoms. The molecule has 0 aliphatic rings. The highest BCUT2D eigenvalue weighted by Gasteiger charge is 2.00. The smallest absolute Gasteiger partial charge is 0.129 e. The highest BCUT2D eigenvalue weighted by Crippen LogP contribution is 1.96. The maximum absolute atomic E-state index is 10.6. The first-order valence-corrected chi connectivity index (χ1v) is 5.76. The average Bonchev–Trinajstić information content (AvgIpc) is 2.30. The lowest BCUT2D eigenvalue weighted by Gasteiger charge is -1.98. The number of Topliss-reactive ketones (excluding diaryl/α,β-unsaturated/α-hetero) is 1. The topological polar surface area (TPSA) is 57.5 Å². The molecule has 3 heteroatoms. The fourth-order valence-corrected chi connectivity index (χ4v) is 0.989. The number of carbonyl (C=O) groups excluding carboxylic acids is 1. The van der Waals surface area contributed by atoms with Crippen LogP contribution in [-0.2, 0) is 4.79 Å². The highest BCUT2D eigenvalue weighted by molar-refractivity contribution is 5.75. The minimum Gasteiger partial charge on any atom is -0.389 e. The molecule has 0 heterocycles. The Morgan fingerprint density at radius 1 is 1.35 bits per heavy atom. The molecule has 0 aromatic rings. The summed E-state index contributed by atoms with van der Waals surface area (Å²) >= 11 is 0. The van der Waals surface area contributed by atoms with Crippen molar-refractivity contribution in [3.63, 3.8) is 0 Å². The molecule has 0 aromatic heterocycles. The summed E-state index contributed by atoms with van der Waals surface area (Å²) in [5.41, 5.74) is 0. The van der Waals surface area contributed by atoms with E-state index in [1.807, 2.05) is 6.92 Å². The summed E-state index contributed by atoms with van der Waals surface area (Å²) in [5.74, 6) is 5.34. The number of carbonyl (C=O) groups is 1. The largest absolute Gasteiger partial charge is 0.389 e. The number of aliphatic hydroxyl groups is 2. The van der Waals surface area contributed by atoms with E-state index >= 15 is 0 Å². The highest BCUT2D eigenvalue weighted by atomic mass is 16.3. The van der Waals surface area contributed by atoms with Crippen LogP contribution in [0.5, 0.6) is 0 Å². The summed E-state index contributed by atoms with van der Waals surface area (Å²) in [6.45, 7) is 3.38. The van der Waals surface area contributed by atoms with Gasteiger partial charge in [-0.1, -0.05) is 37.0 Å². The summed E-state index contributed by atoms with van der Waals surface area (Å²) in [7, 11) is 0. The van der Waals surface area contributed by atoms with Gasteiger partial charge in [0.25, 0.3) is 0 Å². The van der Waals surface area contributed by atoms with E-state index in [2.05, 4.69) is 11.8 Å². The van der Waals surface area contributed by atoms with E-state index in [0.717, 1.165) is 0 Å². The Bertz CT molecular complexity index is 331. The maximum atomic E-state index is 10.6. The standard InChI is InChI=1S/C14H20O3/c1-3-13(16)8-6-4-5-7-9-14(17)11-10-12(2)15/h4-6,8,13-14,16-17H,3,10-11H2,1-2H3/b5-4+,8-6+/t13-,14-/m1/s1. The van der Waals surface area contributed by atoms with E-state index in [0.29, 0.717) is 19.3 Å². The molecule has 0 fully saturated rings. The van der Waals surface area contributed by atoms with Crippen molar-refractivity contribution in [1.82, 2.24) is 0 Å². The lowest BCUT2D eigenvalue weighted by molar-refractivity contribution is -0.117. The molecular weight excluding hydrogens is 216 g/mol. The zero-order valence-electron chi connectivity index (χ0n) is 10.4. The van der Waals surface area contributed by atoms with Gasteiger partial charge in [0.15, 0.2) is 0 Å². The summed E-state index contributed by atoms with van der Waals surface area (Å²) in [6.07, 6.45) is 6.90. The first-order valence-electron chi connectivity index (χ1n) is 5.76. The van der Waals surface area contributed by atoms with Crippen LogP contribution in [0.3, 0.4) is 0 Å². The van der Waals surface area contributed by atoms with Crippen LogP contribution in [0.1, 0.15) is 33.1 Å². The molecule has 17 heavy (non-hydrogen) atoms. The van der Waals surface area contributed by atoms with Crippen LogP contribution >= 0.6 is 0 Å². The number of ketones is 1. The molecule has 0 amide bonds. The molecule has 3 nitrogen and oxygen atoms in total. The van der Waals surface area contributed by atoms with Gasteiger partial charge in [-0.15, -0.1) is 0 Å². The molecule has 0 radical (unpaired) electrons. The van der Waals surface area contributed by atoms with Crippen molar-refractivity contribution >= 4 is 5.78 Å². The Balaban J connectivity index is 3.90. The molecule has 0 saturated heterocycles. The van der Waals surface area contributed by atoms with Crippen LogP contribution < -0.4 is 0 Å². The molecule has 2 atom stereocenters. The fraction of sp³-hybridized carbons (Fsp3) is 0.500. The van der Waals surface area contributed by atoms with Gasteiger partial charge in [0.1, 0.15) is 11.9 Å². The van der Waals surface area contributed by atoms with Gasteiger partial charge >= 0.3 is 0 Å². The van der Waals surface area contributed by atoms with Crippen LogP contribution in [0.15, 0.2) is 24.3 Å². The van der Waals surface area contributed by atoms with Crippen molar-refractivity contribution in [2.45, 2.75) is 45.3 Å². The molecule has 0 bridgehead atoms. The van der Waals surface area contributed by atoms with Crippen LogP contribution in [0.4, 0.5) is 0 Å². The number of aliphatic hydroxyl groups excluding tert-OH is 2. The summed E-state index contributed by atoms with van der Waals surface area (Å²) in [4.78, 5) is 10.6. The van der Waals surface area contributed by atoms with Crippen LogP contribution in [0.25, 0.3) is 0 Å². The summed E-state index contributed by atoms with van der Waals surface area (Å²) in [6, 6.07) is 0. The third-order valence-electron chi connectivity index (χ3n) is 2.06. The maximum Gasteiger partial charge on any atom is 0.129 e. The van der Waals surface area contributed by atoms with Gasteiger partial charge in [-0.05, 0) is 25.8 Å². The Kier molecular flexibility index (Phi) is 9.04. The Hall–Kier alpha value is -1.37. The molecule has 0 aromatic carbocycles. The zero-order chi connectivity index (χ0) is 13.1. The molecule has 0 saturated carbocycles. The lowest BCUT2D eigenvalue weighted by atomic mass is 10.1. The van der Waals surface area contributed by atoms with Crippen LogP contribution in [0.2, 0.25) is 0 Å². The number of allylic oxidation sites excluding steroid dienone is 3. The first kappa shape index (κ1) is 15.6. The van der Waals surface area contributed by atoms with E-state index in [4.69, 9.17) is 0 Å². The second-order valence-corrected chi connectivity index (χ2v) is 3.76. The predicted molar refractivity (Wildman–Crippen MR) is 68.3 cm³/mol. The van der Waals surface area contributed by atoms with Crippen molar-refractivity contribution in [3.05, 3.63) is 24.3 Å². The SMILES string of the molecule is CC[C@@H](O)/C=C/C=C/C#C[C@@H](O)CCC(C)=O. The summed E-state index contributed by atoms with van der Waals surface area (Å²) < 4.78 is 0. The minimum absolute atomic E-state index is 0.0536. The predicted octanol–water partition coefficient (Wildman–Crippen LogP) is 1.60. The van der Waals surface area contributed by atoms with Crippen molar-refractivity contribution in [2.75, 3.05) is 0 Å². The first-order chi connectivity index (χ1) is 8.06. The number of hydrogen-bond acceptors (Lipinski definition) is 3. The zero-order valence-corrected chi connectivity index (χ0v) is 10.4. The van der Waals surface area contributed by atoms with Gasteiger partial charge in [0.05, 0.1) is 6.10 Å². The quantitative estimate of drug-likeness (QED) is 0.544. The minimum atomic E-state index is -0.756. The van der Waals surface area contributed by atoms with Gasteiger partial charge in [-0.2, -0.15) is 0 Å². The third kappa shape index (κ3) is 10.9. The second kappa shape index (κ2) is 9.83. The van der Waals surface area contributed by atoms with Gasteiger partial charge in [0, 0.05) is 6.42 Å². The van der Waals surface area contributed by atoms with E-state index in [1.165, 1.54) is 6.92 Å². The van der Waals surface area contributed by atoms with Gasteiger partial charge in [0.2, 0.25) is 0 Å². The van der Waals surface area contributed by atoms with E-state index in [9.17, 15) is 15.0 Å². The lowest BCUT2D eigenvalue weighted by Crippen LogP contribution is -2.04. The van der Waals surface area contributed by atoms with E-state index in [-0.39, 0.29) is 5.78 Å². The molecule has 0 aliphatic carbocycles.